The van der Waals surface area contributed by atoms with Crippen LogP contribution in [0.25, 0.3) is 0 Å². The highest BCUT2D eigenvalue weighted by molar-refractivity contribution is 6.50. The van der Waals surface area contributed by atoms with Crippen LogP contribution in [0.2, 0.25) is 0 Å². The third-order valence-electron chi connectivity index (χ3n) is 3.19. The molecule has 5 heteroatoms. The molecule has 0 unspecified atom stereocenters. The van der Waals surface area contributed by atoms with Gasteiger partial charge in [0.05, 0.1) is 5.92 Å². The van der Waals surface area contributed by atoms with Crippen molar-refractivity contribution in [1.82, 2.24) is 0 Å². The van der Waals surface area contributed by atoms with Crippen LogP contribution < -0.4 is 0 Å². The van der Waals surface area contributed by atoms with Crippen molar-refractivity contribution in [2.75, 3.05) is 0 Å². The Hall–Kier alpha value is -2.56. The zero-order chi connectivity index (χ0) is 17.4. The molecule has 0 saturated heterocycles. The lowest BCUT2D eigenvalue weighted by Crippen LogP contribution is -2.03. The molecule has 0 aliphatic carbocycles. The fourth-order valence-corrected chi connectivity index (χ4v) is 2.31. The average Bonchev–Trinajstić information content (AvgIpc) is 2.57. The van der Waals surface area contributed by atoms with Gasteiger partial charge >= 0.3 is 7.25 Å². The van der Waals surface area contributed by atoms with Crippen molar-refractivity contribution < 1.29 is 17.3 Å². The lowest BCUT2D eigenvalue weighted by molar-refractivity contribution is 0.368. The van der Waals surface area contributed by atoms with E-state index in [-0.39, 0.29) is 0 Å². The smallest absolute Gasteiger partial charge is 0.418 e. The maximum atomic E-state index is 9.75. The highest BCUT2D eigenvalue weighted by Crippen LogP contribution is 2.30. The average molecular weight is 330 g/mol. The van der Waals surface area contributed by atoms with E-state index in [4.69, 9.17) is 0 Å². The fourth-order valence-electron chi connectivity index (χ4n) is 2.31. The van der Waals surface area contributed by atoms with Gasteiger partial charge in [-0.25, -0.2) is 0 Å². The van der Waals surface area contributed by atoms with E-state index in [0.717, 1.165) is 0 Å². The van der Waals surface area contributed by atoms with E-state index in [9.17, 15) is 17.3 Å². The Bertz CT molecular complexity index is 613. The first-order chi connectivity index (χ1) is 11.4. The van der Waals surface area contributed by atoms with Gasteiger partial charge in [-0.3, -0.25) is 0 Å². The normalized spacial score (nSPS) is 10.9. The molecule has 0 bridgehead atoms. The zero-order valence-corrected chi connectivity index (χ0v) is 12.7. The van der Waals surface area contributed by atoms with Gasteiger partial charge < -0.3 is 17.3 Å². The molecule has 0 atom stereocenters. The van der Waals surface area contributed by atoms with Gasteiger partial charge in [0.1, 0.15) is 0 Å². The second-order valence-corrected chi connectivity index (χ2v) is 4.97. The van der Waals surface area contributed by atoms with Crippen molar-refractivity contribution in [3.8, 4) is 0 Å². The van der Waals surface area contributed by atoms with Gasteiger partial charge in [0.25, 0.3) is 0 Å². The zero-order valence-electron chi connectivity index (χ0n) is 12.7. The lowest BCUT2D eigenvalue weighted by atomic mass is 9.85. The van der Waals surface area contributed by atoms with Gasteiger partial charge in [-0.15, -0.1) is 0 Å². The van der Waals surface area contributed by atoms with Crippen molar-refractivity contribution in [1.29, 1.82) is 0 Å². The van der Waals surface area contributed by atoms with E-state index in [1.165, 1.54) is 22.6 Å². The molecule has 0 amide bonds. The quantitative estimate of drug-likeness (QED) is 0.314. The van der Waals surface area contributed by atoms with Crippen LogP contribution in [-0.4, -0.2) is 7.25 Å². The van der Waals surface area contributed by atoms with E-state index in [1.54, 1.807) is 0 Å². The van der Waals surface area contributed by atoms with Crippen LogP contribution in [-0.2, 0) is 0 Å². The molecule has 24 heavy (non-hydrogen) atoms. The summed E-state index contributed by atoms with van der Waals surface area (Å²) in [6, 6.07) is 31.6. The van der Waals surface area contributed by atoms with Crippen LogP contribution in [0.4, 0.5) is 17.3 Å². The molecule has 0 N–H and O–H groups in total. The minimum absolute atomic E-state index is 1.25. The van der Waals surface area contributed by atoms with Crippen LogP contribution >= 0.6 is 0 Å². The molecule has 0 spiro atoms. The number of halogens is 4. The summed E-state index contributed by atoms with van der Waals surface area (Å²) in [5.41, 5.74) is 3.75. The molecule has 0 heterocycles. The number of benzene rings is 3. The Labute approximate surface area is 138 Å². The van der Waals surface area contributed by atoms with Crippen molar-refractivity contribution in [3.05, 3.63) is 114 Å². The second-order valence-electron chi connectivity index (χ2n) is 4.97. The van der Waals surface area contributed by atoms with Crippen molar-refractivity contribution in [2.24, 2.45) is 0 Å². The minimum Gasteiger partial charge on any atom is -0.418 e. The van der Waals surface area contributed by atoms with E-state index in [2.05, 4.69) is 91.0 Å². The van der Waals surface area contributed by atoms with E-state index in [1.807, 2.05) is 0 Å². The first kappa shape index (κ1) is 17.8. The second kappa shape index (κ2) is 8.34. The molecular formula is C19H15BF4-. The molecule has 3 aromatic carbocycles. The van der Waals surface area contributed by atoms with Crippen molar-refractivity contribution in [3.63, 3.8) is 0 Å². The molecule has 123 valence electrons. The van der Waals surface area contributed by atoms with Crippen LogP contribution in [0.1, 0.15) is 16.7 Å². The Balaban J connectivity index is 0.000000368. The van der Waals surface area contributed by atoms with Crippen LogP contribution in [0.5, 0.6) is 0 Å². The van der Waals surface area contributed by atoms with Gasteiger partial charge in [-0.05, 0) is 16.7 Å². The van der Waals surface area contributed by atoms with Crippen LogP contribution in [0.15, 0.2) is 91.0 Å². The molecule has 3 rings (SSSR count). The van der Waals surface area contributed by atoms with Gasteiger partial charge in [-0.2, -0.15) is 0 Å². The third-order valence-corrected chi connectivity index (χ3v) is 3.19. The first-order valence-electron chi connectivity index (χ1n) is 7.35. The Morgan fingerprint density at radius 1 is 0.458 bits per heavy atom. The summed E-state index contributed by atoms with van der Waals surface area (Å²) in [6.07, 6.45) is 0. The van der Waals surface area contributed by atoms with Crippen molar-refractivity contribution >= 4 is 7.25 Å². The summed E-state index contributed by atoms with van der Waals surface area (Å²) in [5.74, 6) is 1.28. The topological polar surface area (TPSA) is 0 Å². The summed E-state index contributed by atoms with van der Waals surface area (Å²) in [7, 11) is -6.00. The van der Waals surface area contributed by atoms with Gasteiger partial charge in [0, 0.05) is 0 Å². The number of rotatable bonds is 3. The highest BCUT2D eigenvalue weighted by atomic mass is 19.5. The molecule has 3 aromatic rings. The minimum atomic E-state index is -6.00. The van der Waals surface area contributed by atoms with Gasteiger partial charge in [0.15, 0.2) is 0 Å². The molecule has 0 fully saturated rings. The Morgan fingerprint density at radius 3 is 0.875 bits per heavy atom. The fraction of sp³-hybridized carbons (Fsp3) is 0. The largest absolute Gasteiger partial charge is 0.673 e. The molecule has 0 saturated carbocycles. The van der Waals surface area contributed by atoms with Crippen molar-refractivity contribution in [2.45, 2.75) is 0 Å². The Kier molecular flexibility index (Phi) is 6.18. The summed E-state index contributed by atoms with van der Waals surface area (Å²) in [6.45, 7) is 0. The maximum absolute atomic E-state index is 9.75. The summed E-state index contributed by atoms with van der Waals surface area (Å²) in [5, 5.41) is 0. The van der Waals surface area contributed by atoms with Gasteiger partial charge in [0.2, 0.25) is 0 Å². The molecular weight excluding hydrogens is 315 g/mol. The number of hydrogen-bond donors (Lipinski definition) is 0. The number of hydrogen-bond acceptors (Lipinski definition) is 0. The summed E-state index contributed by atoms with van der Waals surface area (Å²) >= 11 is 0. The first-order valence-corrected chi connectivity index (χ1v) is 7.35. The third kappa shape index (κ3) is 5.91. The lowest BCUT2D eigenvalue weighted by Gasteiger charge is -2.17. The Morgan fingerprint density at radius 2 is 0.667 bits per heavy atom. The monoisotopic (exact) mass is 330 g/mol. The van der Waals surface area contributed by atoms with Gasteiger partial charge in [-0.1, -0.05) is 91.0 Å². The molecule has 0 aliphatic heterocycles. The van der Waals surface area contributed by atoms with E-state index >= 15 is 0 Å². The molecule has 0 nitrogen and oxygen atoms in total. The highest BCUT2D eigenvalue weighted by Gasteiger charge is 2.20. The predicted octanol–water partition coefficient (Wildman–Crippen LogP) is 6.01. The summed E-state index contributed by atoms with van der Waals surface area (Å²) in [4.78, 5) is 0. The standard InChI is InChI=1S/C19H15.BF4/c1-4-10-16(11-5-1)19(17-12-6-2-7-13-17)18-14-8-3-9-15-18;2-1(3,4)5/h1-15H;/q;-1. The maximum Gasteiger partial charge on any atom is 0.673 e. The van der Waals surface area contributed by atoms with E-state index in [0.29, 0.717) is 0 Å². The van der Waals surface area contributed by atoms with Crippen LogP contribution in [0.3, 0.4) is 0 Å². The van der Waals surface area contributed by atoms with E-state index < -0.39 is 7.25 Å². The predicted molar refractivity (Wildman–Crippen MR) is 90.1 cm³/mol. The molecule has 0 aliphatic rings. The van der Waals surface area contributed by atoms with Crippen LogP contribution in [0, 0.1) is 5.92 Å². The molecule has 0 aromatic heterocycles. The molecule has 1 radical (unpaired) electrons. The SMILES string of the molecule is F[B-](F)(F)F.c1ccc([C](c2ccccc2)c2ccccc2)cc1. The summed E-state index contributed by atoms with van der Waals surface area (Å²) < 4.78 is 39.0.